The van der Waals surface area contributed by atoms with Crippen molar-refractivity contribution < 1.29 is 4.74 Å². The Balaban J connectivity index is 2.01. The lowest BCUT2D eigenvalue weighted by atomic mass is 9.77. The first-order chi connectivity index (χ1) is 9.19. The topological polar surface area (TPSA) is 21.3 Å². The highest BCUT2D eigenvalue weighted by atomic mass is 16.5. The molecule has 4 unspecified atom stereocenters. The standard InChI is InChI=1S/C17H33NO/c1-5-17(6-2,19-7-3)16(18-4)12-15-11-13-8-9-14(15)10-13/h13-16,18H,5-12H2,1-4H3. The second-order valence-electron chi connectivity index (χ2n) is 6.72. The molecule has 2 rings (SSSR count). The third-order valence-electron chi connectivity index (χ3n) is 6.04. The van der Waals surface area contributed by atoms with Crippen molar-refractivity contribution >= 4 is 0 Å². The van der Waals surface area contributed by atoms with Gasteiger partial charge >= 0.3 is 0 Å². The summed E-state index contributed by atoms with van der Waals surface area (Å²) < 4.78 is 6.21. The van der Waals surface area contributed by atoms with Gasteiger partial charge in [0.2, 0.25) is 0 Å². The summed E-state index contributed by atoms with van der Waals surface area (Å²) in [6, 6.07) is 0.520. The Bertz CT molecular complexity index is 274. The lowest BCUT2D eigenvalue weighted by molar-refractivity contribution is -0.0766. The maximum absolute atomic E-state index is 6.21. The normalized spacial score (nSPS) is 31.9. The molecule has 2 aliphatic rings. The van der Waals surface area contributed by atoms with Crippen molar-refractivity contribution in [2.45, 2.75) is 77.4 Å². The van der Waals surface area contributed by atoms with Crippen LogP contribution in [0.2, 0.25) is 0 Å². The Hall–Kier alpha value is -0.0800. The molecule has 2 nitrogen and oxygen atoms in total. The van der Waals surface area contributed by atoms with Crippen LogP contribution >= 0.6 is 0 Å². The smallest absolute Gasteiger partial charge is 0.0829 e. The zero-order valence-electron chi connectivity index (χ0n) is 13.4. The summed E-state index contributed by atoms with van der Waals surface area (Å²) in [6.07, 6.45) is 9.54. The monoisotopic (exact) mass is 267 g/mol. The van der Waals surface area contributed by atoms with Gasteiger partial charge in [-0.25, -0.2) is 0 Å². The van der Waals surface area contributed by atoms with E-state index in [1.165, 1.54) is 32.1 Å². The summed E-state index contributed by atoms with van der Waals surface area (Å²) in [7, 11) is 2.12. The molecule has 2 aliphatic carbocycles. The summed E-state index contributed by atoms with van der Waals surface area (Å²) in [4.78, 5) is 0. The molecule has 0 spiro atoms. The van der Waals surface area contributed by atoms with Crippen LogP contribution in [0.15, 0.2) is 0 Å². The van der Waals surface area contributed by atoms with E-state index < -0.39 is 0 Å². The molecule has 2 fully saturated rings. The van der Waals surface area contributed by atoms with Crippen LogP contribution in [-0.4, -0.2) is 25.3 Å². The Morgan fingerprint density at radius 2 is 1.89 bits per heavy atom. The first-order valence-electron chi connectivity index (χ1n) is 8.50. The van der Waals surface area contributed by atoms with Gasteiger partial charge in [0.05, 0.1) is 5.60 Å². The molecule has 2 saturated carbocycles. The number of nitrogens with one attached hydrogen (secondary N) is 1. The number of likely N-dealkylation sites (N-methyl/N-ethyl adjacent to an activating group) is 1. The predicted octanol–water partition coefficient (Wildman–Crippen LogP) is 4.00. The van der Waals surface area contributed by atoms with Crippen LogP contribution in [0, 0.1) is 17.8 Å². The molecular formula is C17H33NO. The lowest BCUT2D eigenvalue weighted by Gasteiger charge is -2.41. The Kier molecular flexibility index (Phi) is 5.30. The summed E-state index contributed by atoms with van der Waals surface area (Å²) in [5.74, 6) is 3.03. The Morgan fingerprint density at radius 3 is 2.32 bits per heavy atom. The van der Waals surface area contributed by atoms with Crippen LogP contribution in [0.5, 0.6) is 0 Å². The highest BCUT2D eigenvalue weighted by molar-refractivity contribution is 4.97. The molecule has 0 heterocycles. The zero-order chi connectivity index (χ0) is 13.9. The SMILES string of the molecule is CCOC(CC)(CC)C(CC1CC2CCC1C2)NC. The first-order valence-corrected chi connectivity index (χ1v) is 8.50. The van der Waals surface area contributed by atoms with Crippen LogP contribution in [0.25, 0.3) is 0 Å². The highest BCUT2D eigenvalue weighted by Gasteiger charge is 2.43. The van der Waals surface area contributed by atoms with Gasteiger partial charge in [-0.05, 0) is 70.3 Å². The van der Waals surface area contributed by atoms with Crippen LogP contribution in [0.3, 0.4) is 0 Å². The maximum atomic E-state index is 6.21. The van der Waals surface area contributed by atoms with Gasteiger partial charge in [-0.1, -0.05) is 20.3 Å². The van der Waals surface area contributed by atoms with Crippen LogP contribution in [-0.2, 0) is 4.74 Å². The number of fused-ring (bicyclic) bond motifs is 2. The second kappa shape index (κ2) is 6.58. The molecule has 4 atom stereocenters. The summed E-state index contributed by atoms with van der Waals surface area (Å²) in [5, 5.41) is 3.59. The van der Waals surface area contributed by atoms with E-state index in [4.69, 9.17) is 4.74 Å². The number of hydrogen-bond acceptors (Lipinski definition) is 2. The average Bonchev–Trinajstić information content (AvgIpc) is 3.05. The highest BCUT2D eigenvalue weighted by Crippen LogP contribution is 2.50. The fourth-order valence-corrected chi connectivity index (χ4v) is 4.90. The minimum absolute atomic E-state index is 0.0470. The molecule has 2 bridgehead atoms. The quantitative estimate of drug-likeness (QED) is 0.718. The van der Waals surface area contributed by atoms with Crippen molar-refractivity contribution in [2.75, 3.05) is 13.7 Å². The number of hydrogen-bond donors (Lipinski definition) is 1. The average molecular weight is 267 g/mol. The van der Waals surface area contributed by atoms with E-state index in [1.807, 2.05) is 0 Å². The molecular weight excluding hydrogens is 234 g/mol. The van der Waals surface area contributed by atoms with Crippen LogP contribution in [0.4, 0.5) is 0 Å². The number of ether oxygens (including phenoxy) is 1. The molecule has 112 valence electrons. The van der Waals surface area contributed by atoms with E-state index in [9.17, 15) is 0 Å². The fourth-order valence-electron chi connectivity index (χ4n) is 4.90. The van der Waals surface area contributed by atoms with Crippen molar-refractivity contribution in [1.82, 2.24) is 5.32 Å². The molecule has 1 N–H and O–H groups in total. The maximum Gasteiger partial charge on any atom is 0.0829 e. The van der Waals surface area contributed by atoms with Gasteiger partial charge in [0.15, 0.2) is 0 Å². The van der Waals surface area contributed by atoms with Crippen molar-refractivity contribution in [1.29, 1.82) is 0 Å². The molecule has 0 aromatic carbocycles. The predicted molar refractivity (Wildman–Crippen MR) is 81.3 cm³/mol. The van der Waals surface area contributed by atoms with E-state index in [-0.39, 0.29) is 5.60 Å². The molecule has 0 radical (unpaired) electrons. The van der Waals surface area contributed by atoms with E-state index in [0.717, 1.165) is 37.2 Å². The van der Waals surface area contributed by atoms with Gasteiger partial charge in [0.1, 0.15) is 0 Å². The second-order valence-corrected chi connectivity index (χ2v) is 6.72. The molecule has 19 heavy (non-hydrogen) atoms. The largest absolute Gasteiger partial charge is 0.374 e. The molecule has 0 aromatic rings. The van der Waals surface area contributed by atoms with Crippen LogP contribution in [0.1, 0.15) is 65.7 Å². The summed E-state index contributed by atoms with van der Waals surface area (Å²) >= 11 is 0. The molecule has 0 amide bonds. The lowest BCUT2D eigenvalue weighted by Crippen LogP contribution is -2.52. The van der Waals surface area contributed by atoms with E-state index >= 15 is 0 Å². The minimum atomic E-state index is 0.0470. The van der Waals surface area contributed by atoms with Crippen molar-refractivity contribution in [3.8, 4) is 0 Å². The first kappa shape index (κ1) is 15.3. The van der Waals surface area contributed by atoms with E-state index in [2.05, 4.69) is 33.1 Å². The van der Waals surface area contributed by atoms with Gasteiger partial charge < -0.3 is 10.1 Å². The molecule has 0 saturated heterocycles. The van der Waals surface area contributed by atoms with Crippen molar-refractivity contribution in [2.24, 2.45) is 17.8 Å². The third-order valence-corrected chi connectivity index (χ3v) is 6.04. The van der Waals surface area contributed by atoms with E-state index in [0.29, 0.717) is 6.04 Å². The van der Waals surface area contributed by atoms with Gasteiger partial charge in [0.25, 0.3) is 0 Å². The molecule has 0 aliphatic heterocycles. The molecule has 0 aromatic heterocycles. The van der Waals surface area contributed by atoms with Gasteiger partial charge in [-0.3, -0.25) is 0 Å². The summed E-state index contributed by atoms with van der Waals surface area (Å²) in [5.41, 5.74) is 0.0470. The third kappa shape index (κ3) is 3.00. The zero-order valence-corrected chi connectivity index (χ0v) is 13.4. The van der Waals surface area contributed by atoms with Crippen molar-refractivity contribution in [3.63, 3.8) is 0 Å². The van der Waals surface area contributed by atoms with Crippen molar-refractivity contribution in [3.05, 3.63) is 0 Å². The Labute approximate surface area is 119 Å². The van der Waals surface area contributed by atoms with Gasteiger partial charge in [-0.15, -0.1) is 0 Å². The minimum Gasteiger partial charge on any atom is -0.374 e. The van der Waals surface area contributed by atoms with Crippen LogP contribution < -0.4 is 5.32 Å². The van der Waals surface area contributed by atoms with Gasteiger partial charge in [-0.2, -0.15) is 0 Å². The van der Waals surface area contributed by atoms with E-state index in [1.54, 1.807) is 0 Å². The van der Waals surface area contributed by atoms with Gasteiger partial charge in [0, 0.05) is 12.6 Å². The number of rotatable bonds is 8. The summed E-state index contributed by atoms with van der Waals surface area (Å²) in [6.45, 7) is 7.52. The fraction of sp³-hybridized carbons (Fsp3) is 1.00. The molecule has 2 heteroatoms. The Morgan fingerprint density at radius 1 is 1.16 bits per heavy atom.